The summed E-state index contributed by atoms with van der Waals surface area (Å²) >= 11 is 18.3. The van der Waals surface area contributed by atoms with Gasteiger partial charge in [0.15, 0.2) is 0 Å². The topological polar surface area (TPSA) is 66.5 Å². The van der Waals surface area contributed by atoms with E-state index in [2.05, 4.69) is 11.3 Å². The summed E-state index contributed by atoms with van der Waals surface area (Å²) in [6.45, 7) is 7.97. The van der Waals surface area contributed by atoms with Gasteiger partial charge in [-0.3, -0.25) is 4.79 Å². The number of hydrogen-bond acceptors (Lipinski definition) is 3. The van der Waals surface area contributed by atoms with Crippen LogP contribution in [-0.4, -0.2) is 43.4 Å². The van der Waals surface area contributed by atoms with Crippen molar-refractivity contribution in [2.75, 3.05) is 18.2 Å². The number of carbonyl (C=O) groups excluding carboxylic acids is 1. The first-order chi connectivity index (χ1) is 17.5. The van der Waals surface area contributed by atoms with Gasteiger partial charge in [-0.2, -0.15) is 0 Å². The lowest BCUT2D eigenvalue weighted by atomic mass is 9.67. The molecule has 0 spiro atoms. The molecule has 0 aromatic heterocycles. The molecule has 1 amide bonds. The van der Waals surface area contributed by atoms with Gasteiger partial charge in [-0.25, -0.2) is 13.1 Å². The first-order valence-electron chi connectivity index (χ1n) is 12.5. The van der Waals surface area contributed by atoms with Crippen molar-refractivity contribution in [3.63, 3.8) is 0 Å². The first kappa shape index (κ1) is 30.0. The lowest BCUT2D eigenvalue weighted by Gasteiger charge is -2.52. The number of amides is 1. The van der Waals surface area contributed by atoms with Gasteiger partial charge in [0.05, 0.1) is 17.2 Å². The molecule has 3 rings (SSSR count). The predicted octanol–water partition coefficient (Wildman–Crippen LogP) is 6.96. The van der Waals surface area contributed by atoms with Crippen LogP contribution in [0.4, 0.5) is 0 Å². The third-order valence-electron chi connectivity index (χ3n) is 7.14. The number of carbonyl (C=O) groups is 1. The van der Waals surface area contributed by atoms with Crippen LogP contribution in [0, 0.1) is 5.41 Å². The lowest BCUT2D eigenvalue weighted by Crippen LogP contribution is -2.57. The Bertz CT molecular complexity index is 1190. The summed E-state index contributed by atoms with van der Waals surface area (Å²) < 4.78 is 27.9. The zero-order valence-electron chi connectivity index (χ0n) is 21.3. The maximum absolute atomic E-state index is 14.3. The van der Waals surface area contributed by atoms with E-state index in [0.29, 0.717) is 35.7 Å². The maximum Gasteiger partial charge on any atom is 0.229 e. The van der Waals surface area contributed by atoms with Gasteiger partial charge in [-0.15, -0.1) is 18.2 Å². The quantitative estimate of drug-likeness (QED) is 0.216. The standard InChI is InChI=1S/C28H35Cl3N2O3S/c1-4-14-28(3)18-25(21-8-6-9-23(31)17-21)26(20-10-12-22(30)13-11-20)33(27(28)34)24(5-2)19-32-37(35,36)16-7-15-29/h4,6,8-13,17,24-26,32H,1,5,7,14-16,18-19H2,2-3H3/t24?,25-,26-,28+/m1/s1. The number of allylic oxidation sites excluding steroid dienone is 1. The molecule has 2 aromatic carbocycles. The number of nitrogens with zero attached hydrogens (tertiary/aromatic N) is 1. The van der Waals surface area contributed by atoms with E-state index in [1.165, 1.54) is 0 Å². The Morgan fingerprint density at radius 3 is 2.46 bits per heavy atom. The molecule has 37 heavy (non-hydrogen) atoms. The molecule has 5 nitrogen and oxygen atoms in total. The molecule has 1 aliphatic rings. The van der Waals surface area contributed by atoms with Crippen molar-refractivity contribution >= 4 is 50.7 Å². The average Bonchev–Trinajstić information content (AvgIpc) is 2.86. The summed E-state index contributed by atoms with van der Waals surface area (Å²) in [6, 6.07) is 14.6. The maximum atomic E-state index is 14.3. The zero-order chi connectivity index (χ0) is 27.2. The van der Waals surface area contributed by atoms with E-state index >= 15 is 0 Å². The van der Waals surface area contributed by atoms with Gasteiger partial charge in [-0.1, -0.05) is 67.4 Å². The number of likely N-dealkylation sites (tertiary alicyclic amines) is 1. The fourth-order valence-electron chi connectivity index (χ4n) is 5.27. The fourth-order valence-corrected chi connectivity index (χ4v) is 7.00. The first-order valence-corrected chi connectivity index (χ1v) is 15.5. The molecule has 9 heteroatoms. The van der Waals surface area contributed by atoms with Crippen LogP contribution in [0.25, 0.3) is 0 Å². The van der Waals surface area contributed by atoms with E-state index in [4.69, 9.17) is 34.8 Å². The van der Waals surface area contributed by atoms with E-state index in [9.17, 15) is 13.2 Å². The normalized spacial score (nSPS) is 23.2. The van der Waals surface area contributed by atoms with Crippen molar-refractivity contribution in [1.29, 1.82) is 0 Å². The van der Waals surface area contributed by atoms with Gasteiger partial charge in [-0.05, 0) is 61.1 Å². The number of sulfonamides is 1. The van der Waals surface area contributed by atoms with E-state index in [1.807, 2.05) is 67.3 Å². The Morgan fingerprint density at radius 2 is 1.86 bits per heavy atom. The summed E-state index contributed by atoms with van der Waals surface area (Å²) in [4.78, 5) is 16.2. The summed E-state index contributed by atoms with van der Waals surface area (Å²) in [6.07, 6.45) is 3.81. The van der Waals surface area contributed by atoms with Crippen LogP contribution in [0.3, 0.4) is 0 Å². The predicted molar refractivity (Wildman–Crippen MR) is 154 cm³/mol. The SMILES string of the molecule is C=CC[C@@]1(C)C[C@H](c2cccc(Cl)c2)[C@@H](c2ccc(Cl)cc2)N(C(CC)CNS(=O)(=O)CCCCl)C1=O. The number of benzene rings is 2. The number of hydrogen-bond donors (Lipinski definition) is 1. The molecule has 1 N–H and O–H groups in total. The zero-order valence-corrected chi connectivity index (χ0v) is 24.4. The molecule has 2 aromatic rings. The number of rotatable bonds is 12. The summed E-state index contributed by atoms with van der Waals surface area (Å²) in [5.74, 6) is 0.116. The van der Waals surface area contributed by atoms with E-state index < -0.39 is 15.4 Å². The van der Waals surface area contributed by atoms with Crippen molar-refractivity contribution in [2.45, 2.75) is 57.5 Å². The highest BCUT2D eigenvalue weighted by atomic mass is 35.5. The molecule has 0 saturated carbocycles. The number of halogens is 3. The van der Waals surface area contributed by atoms with Crippen molar-refractivity contribution < 1.29 is 13.2 Å². The second-order valence-electron chi connectivity index (χ2n) is 9.90. The Morgan fingerprint density at radius 1 is 1.16 bits per heavy atom. The van der Waals surface area contributed by atoms with Crippen LogP contribution in [0.1, 0.15) is 62.6 Å². The minimum absolute atomic E-state index is 0.0163. The van der Waals surface area contributed by atoms with Gasteiger partial charge in [0.2, 0.25) is 15.9 Å². The molecule has 0 radical (unpaired) electrons. The Balaban J connectivity index is 2.13. The monoisotopic (exact) mass is 584 g/mol. The summed E-state index contributed by atoms with van der Waals surface area (Å²) in [5.41, 5.74) is 1.26. The van der Waals surface area contributed by atoms with E-state index in [1.54, 1.807) is 6.08 Å². The Labute approximate surface area is 236 Å². The van der Waals surface area contributed by atoms with Crippen LogP contribution in [0.15, 0.2) is 61.2 Å². The summed E-state index contributed by atoms with van der Waals surface area (Å²) in [5, 5.41) is 1.23. The molecule has 0 aliphatic carbocycles. The van der Waals surface area contributed by atoms with Crippen LogP contribution >= 0.6 is 34.8 Å². The van der Waals surface area contributed by atoms with Crippen molar-refractivity contribution in [3.8, 4) is 0 Å². The number of piperidine rings is 1. The molecule has 1 unspecified atom stereocenters. The van der Waals surface area contributed by atoms with Crippen LogP contribution < -0.4 is 4.72 Å². The van der Waals surface area contributed by atoms with Gasteiger partial charge < -0.3 is 4.90 Å². The highest BCUT2D eigenvalue weighted by molar-refractivity contribution is 7.89. The van der Waals surface area contributed by atoms with E-state index in [0.717, 1.165) is 11.1 Å². The van der Waals surface area contributed by atoms with Gasteiger partial charge in [0.1, 0.15) is 0 Å². The Kier molecular flexibility index (Phi) is 10.5. The Hall–Kier alpha value is -1.57. The van der Waals surface area contributed by atoms with Crippen molar-refractivity contribution in [2.24, 2.45) is 5.41 Å². The highest BCUT2D eigenvalue weighted by Crippen LogP contribution is 2.52. The fraction of sp³-hybridized carbons (Fsp3) is 0.464. The smallest absolute Gasteiger partial charge is 0.229 e. The second kappa shape index (κ2) is 13.0. The van der Waals surface area contributed by atoms with Crippen LogP contribution in [-0.2, 0) is 14.8 Å². The van der Waals surface area contributed by atoms with Crippen molar-refractivity contribution in [1.82, 2.24) is 9.62 Å². The summed E-state index contributed by atoms with van der Waals surface area (Å²) in [7, 11) is -3.53. The molecule has 202 valence electrons. The van der Waals surface area contributed by atoms with Crippen LogP contribution in [0.2, 0.25) is 10.0 Å². The minimum Gasteiger partial charge on any atom is -0.330 e. The van der Waals surface area contributed by atoms with Gasteiger partial charge >= 0.3 is 0 Å². The van der Waals surface area contributed by atoms with Gasteiger partial charge in [0, 0.05) is 34.4 Å². The largest absolute Gasteiger partial charge is 0.330 e. The molecule has 1 heterocycles. The molecule has 1 aliphatic heterocycles. The molecule has 4 atom stereocenters. The highest BCUT2D eigenvalue weighted by Gasteiger charge is 2.50. The third kappa shape index (κ3) is 7.30. The lowest BCUT2D eigenvalue weighted by molar-refractivity contribution is -0.154. The van der Waals surface area contributed by atoms with Crippen molar-refractivity contribution in [3.05, 3.63) is 82.4 Å². The van der Waals surface area contributed by atoms with E-state index in [-0.39, 0.29) is 42.1 Å². The van der Waals surface area contributed by atoms with Gasteiger partial charge in [0.25, 0.3) is 0 Å². The second-order valence-corrected chi connectivity index (χ2v) is 13.1. The third-order valence-corrected chi connectivity index (χ3v) is 9.32. The number of alkyl halides is 1. The average molecular weight is 586 g/mol. The molecule has 1 fully saturated rings. The molecular formula is C28H35Cl3N2O3S. The molecule has 1 saturated heterocycles. The number of nitrogens with one attached hydrogen (secondary N) is 1. The minimum atomic E-state index is -3.53. The van der Waals surface area contributed by atoms with Crippen LogP contribution in [0.5, 0.6) is 0 Å². The molecular weight excluding hydrogens is 551 g/mol. The molecule has 0 bridgehead atoms.